The second-order valence-corrected chi connectivity index (χ2v) is 5.90. The third-order valence-electron chi connectivity index (χ3n) is 2.55. The largest absolute Gasteiger partial charge is 0.398 e. The fraction of sp³-hybridized carbons (Fsp3) is 0.231. The number of halogens is 1. The van der Waals surface area contributed by atoms with Crippen LogP contribution in [0.5, 0.6) is 0 Å². The number of nitrogen functional groups attached to an aromatic ring is 1. The summed E-state index contributed by atoms with van der Waals surface area (Å²) < 4.78 is 1.01. The summed E-state index contributed by atoms with van der Waals surface area (Å²) >= 11 is 5.33. The summed E-state index contributed by atoms with van der Waals surface area (Å²) in [6.45, 7) is 1.86. The van der Waals surface area contributed by atoms with Crippen LogP contribution < -0.4 is 5.73 Å². The first-order valence-corrected chi connectivity index (χ1v) is 7.08. The van der Waals surface area contributed by atoms with Gasteiger partial charge in [0.25, 0.3) is 0 Å². The summed E-state index contributed by atoms with van der Waals surface area (Å²) in [6.07, 6.45) is 0. The Kier molecular flexibility index (Phi) is 4.20. The van der Waals surface area contributed by atoms with Crippen LogP contribution in [0.25, 0.3) is 0 Å². The van der Waals surface area contributed by atoms with Gasteiger partial charge in [0, 0.05) is 28.1 Å². The van der Waals surface area contributed by atoms with Crippen molar-refractivity contribution in [3.63, 3.8) is 0 Å². The first-order valence-electron chi connectivity index (χ1n) is 5.40. The molecule has 1 heterocycles. The molecule has 0 unspecified atom stereocenters. The zero-order valence-corrected chi connectivity index (χ0v) is 12.1. The van der Waals surface area contributed by atoms with Crippen LogP contribution in [0, 0.1) is 0 Å². The molecule has 1 aromatic heterocycles. The van der Waals surface area contributed by atoms with Gasteiger partial charge in [-0.3, -0.25) is 4.90 Å². The summed E-state index contributed by atoms with van der Waals surface area (Å²) in [5, 5.41) is 2.11. The molecule has 0 saturated heterocycles. The Balaban J connectivity index is 2.03. The van der Waals surface area contributed by atoms with Gasteiger partial charge >= 0.3 is 0 Å². The zero-order chi connectivity index (χ0) is 12.3. The average Bonchev–Trinajstić information content (AvgIpc) is 2.77. The number of thiophene rings is 1. The Hall–Kier alpha value is -0.840. The monoisotopic (exact) mass is 310 g/mol. The molecule has 0 fully saturated rings. The molecule has 0 aliphatic rings. The van der Waals surface area contributed by atoms with Gasteiger partial charge in [-0.05, 0) is 46.1 Å². The van der Waals surface area contributed by atoms with E-state index in [4.69, 9.17) is 5.73 Å². The smallest absolute Gasteiger partial charge is 0.0461 e. The van der Waals surface area contributed by atoms with Crippen LogP contribution in [0.15, 0.2) is 40.2 Å². The number of nitrogens with zero attached hydrogens (tertiary/aromatic N) is 1. The van der Waals surface area contributed by atoms with Crippen molar-refractivity contribution in [2.75, 3.05) is 12.8 Å². The minimum atomic E-state index is 0.798. The second-order valence-electron chi connectivity index (χ2n) is 4.07. The van der Waals surface area contributed by atoms with Gasteiger partial charge in [0.1, 0.15) is 0 Å². The highest BCUT2D eigenvalue weighted by Crippen LogP contribution is 2.25. The number of hydrogen-bond donors (Lipinski definition) is 1. The molecule has 0 amide bonds. The van der Waals surface area contributed by atoms with Crippen molar-refractivity contribution in [3.05, 3.63) is 50.6 Å². The summed E-state index contributed by atoms with van der Waals surface area (Å²) in [6, 6.07) is 10.3. The Morgan fingerprint density at radius 1 is 1.24 bits per heavy atom. The molecular weight excluding hydrogens is 296 g/mol. The molecule has 0 aliphatic heterocycles. The van der Waals surface area contributed by atoms with E-state index in [1.165, 1.54) is 10.4 Å². The summed E-state index contributed by atoms with van der Waals surface area (Å²) in [7, 11) is 2.12. The van der Waals surface area contributed by atoms with Gasteiger partial charge in [-0.25, -0.2) is 0 Å². The van der Waals surface area contributed by atoms with Crippen molar-refractivity contribution in [1.29, 1.82) is 0 Å². The molecule has 2 rings (SSSR count). The van der Waals surface area contributed by atoms with Gasteiger partial charge in [-0.2, -0.15) is 0 Å². The average molecular weight is 311 g/mol. The number of rotatable bonds is 4. The van der Waals surface area contributed by atoms with Crippen molar-refractivity contribution in [2.24, 2.45) is 0 Å². The second kappa shape index (κ2) is 5.67. The summed E-state index contributed by atoms with van der Waals surface area (Å²) in [4.78, 5) is 3.67. The molecule has 0 atom stereocenters. The molecule has 2 aromatic rings. The van der Waals surface area contributed by atoms with E-state index in [1.54, 1.807) is 11.3 Å². The quantitative estimate of drug-likeness (QED) is 0.872. The summed E-state index contributed by atoms with van der Waals surface area (Å²) in [5.41, 5.74) is 7.89. The fourth-order valence-electron chi connectivity index (χ4n) is 1.74. The van der Waals surface area contributed by atoms with Crippen molar-refractivity contribution in [3.8, 4) is 0 Å². The maximum Gasteiger partial charge on any atom is 0.0461 e. The van der Waals surface area contributed by atoms with E-state index < -0.39 is 0 Å². The van der Waals surface area contributed by atoms with Crippen LogP contribution in [-0.4, -0.2) is 11.9 Å². The Labute approximate surface area is 114 Å². The molecule has 0 aliphatic carbocycles. The molecule has 4 heteroatoms. The lowest BCUT2D eigenvalue weighted by Gasteiger charge is -2.17. The highest BCUT2D eigenvalue weighted by Gasteiger charge is 2.07. The number of anilines is 1. The van der Waals surface area contributed by atoms with E-state index in [1.807, 2.05) is 12.1 Å². The van der Waals surface area contributed by atoms with Gasteiger partial charge in [0.15, 0.2) is 0 Å². The van der Waals surface area contributed by atoms with Crippen molar-refractivity contribution in [2.45, 2.75) is 13.1 Å². The van der Waals surface area contributed by atoms with Gasteiger partial charge in [0.05, 0.1) is 0 Å². The molecule has 2 N–H and O–H groups in total. The molecule has 17 heavy (non-hydrogen) atoms. The fourth-order valence-corrected chi connectivity index (χ4v) is 2.91. The van der Waals surface area contributed by atoms with Crippen LogP contribution in [-0.2, 0) is 13.1 Å². The third kappa shape index (κ3) is 3.31. The minimum absolute atomic E-state index is 0.798. The van der Waals surface area contributed by atoms with Crippen LogP contribution >= 0.6 is 27.3 Å². The summed E-state index contributed by atoms with van der Waals surface area (Å²) in [5.74, 6) is 0. The molecule has 0 radical (unpaired) electrons. The van der Waals surface area contributed by atoms with Crippen LogP contribution in [0.1, 0.15) is 10.4 Å². The molecule has 0 spiro atoms. The highest BCUT2D eigenvalue weighted by atomic mass is 79.9. The van der Waals surface area contributed by atoms with E-state index in [-0.39, 0.29) is 0 Å². The topological polar surface area (TPSA) is 29.3 Å². The van der Waals surface area contributed by atoms with Crippen molar-refractivity contribution in [1.82, 2.24) is 4.90 Å². The minimum Gasteiger partial charge on any atom is -0.398 e. The van der Waals surface area contributed by atoms with Crippen molar-refractivity contribution >= 4 is 33.0 Å². The lowest BCUT2D eigenvalue weighted by molar-refractivity contribution is 0.321. The first kappa shape index (κ1) is 12.6. The van der Waals surface area contributed by atoms with Gasteiger partial charge in [-0.15, -0.1) is 11.3 Å². The zero-order valence-electron chi connectivity index (χ0n) is 9.69. The van der Waals surface area contributed by atoms with E-state index in [9.17, 15) is 0 Å². The van der Waals surface area contributed by atoms with Crippen LogP contribution in [0.4, 0.5) is 5.69 Å². The van der Waals surface area contributed by atoms with Crippen LogP contribution in [0.2, 0.25) is 0 Å². The SMILES string of the molecule is CN(Cc1cccs1)Cc1cccc(N)c1Br. The lowest BCUT2D eigenvalue weighted by atomic mass is 10.2. The third-order valence-corrected chi connectivity index (χ3v) is 4.38. The van der Waals surface area contributed by atoms with E-state index in [2.05, 4.69) is 51.5 Å². The van der Waals surface area contributed by atoms with Gasteiger partial charge in [-0.1, -0.05) is 18.2 Å². The van der Waals surface area contributed by atoms with Gasteiger partial charge in [0.2, 0.25) is 0 Å². The molecule has 2 nitrogen and oxygen atoms in total. The van der Waals surface area contributed by atoms with Crippen LogP contribution in [0.3, 0.4) is 0 Å². The number of benzene rings is 1. The normalized spacial score (nSPS) is 11.0. The maximum atomic E-state index is 5.87. The molecule has 0 bridgehead atoms. The molecule has 90 valence electrons. The Bertz CT molecular complexity index is 482. The molecule has 1 aromatic carbocycles. The Morgan fingerprint density at radius 3 is 2.76 bits per heavy atom. The predicted molar refractivity (Wildman–Crippen MR) is 78.0 cm³/mol. The van der Waals surface area contributed by atoms with Gasteiger partial charge < -0.3 is 5.73 Å². The standard InChI is InChI=1S/C13H15BrN2S/c1-16(9-11-5-3-7-17-11)8-10-4-2-6-12(15)13(10)14/h2-7H,8-9,15H2,1H3. The lowest BCUT2D eigenvalue weighted by Crippen LogP contribution is -2.17. The molecule has 0 saturated carbocycles. The first-order chi connectivity index (χ1) is 8.16. The van der Waals surface area contributed by atoms with E-state index in [0.717, 1.165) is 23.2 Å². The van der Waals surface area contributed by atoms with E-state index >= 15 is 0 Å². The highest BCUT2D eigenvalue weighted by molar-refractivity contribution is 9.10. The van der Waals surface area contributed by atoms with Crippen molar-refractivity contribution < 1.29 is 0 Å². The number of hydrogen-bond acceptors (Lipinski definition) is 3. The Morgan fingerprint density at radius 2 is 2.06 bits per heavy atom. The number of nitrogens with two attached hydrogens (primary N) is 1. The van der Waals surface area contributed by atoms with E-state index in [0.29, 0.717) is 0 Å². The predicted octanol–water partition coefficient (Wildman–Crippen LogP) is 3.72. The maximum absolute atomic E-state index is 5.87. The molecular formula is C13H15BrN2S.